The Morgan fingerprint density at radius 2 is 1.56 bits per heavy atom. The smallest absolute Gasteiger partial charge is 0.368 e. The lowest BCUT2D eigenvalue weighted by molar-refractivity contribution is -0.137. The summed E-state index contributed by atoms with van der Waals surface area (Å²) in [7, 11) is 0. The molecule has 0 radical (unpaired) electrons. The third-order valence-corrected chi connectivity index (χ3v) is 7.70. The molecule has 2 aliphatic rings. The number of Topliss-reactive ketones (excluding diaryl/α,β-unsaturated/α-hetero) is 1. The first kappa shape index (κ1) is 26.9. The van der Waals surface area contributed by atoms with Gasteiger partial charge in [-0.15, -0.1) is 0 Å². The molecule has 0 aromatic heterocycles. The Bertz CT molecular complexity index is 1350. The van der Waals surface area contributed by atoms with Crippen LogP contribution in [-0.2, 0) is 12.6 Å². The molecular formula is C30H29F3N2O4. The largest absolute Gasteiger partial charge is 0.416 e. The summed E-state index contributed by atoms with van der Waals surface area (Å²) >= 11 is 0. The summed E-state index contributed by atoms with van der Waals surface area (Å²) in [5, 5.41) is 21.9. The minimum atomic E-state index is -4.49. The van der Waals surface area contributed by atoms with Crippen molar-refractivity contribution in [1.82, 2.24) is 0 Å². The number of alkyl halides is 3. The first-order valence-electron chi connectivity index (χ1n) is 13.0. The lowest BCUT2D eigenvalue weighted by Crippen LogP contribution is -2.38. The Hall–Kier alpha value is -3.69. The van der Waals surface area contributed by atoms with Gasteiger partial charge in [0.05, 0.1) is 5.56 Å². The van der Waals surface area contributed by atoms with Gasteiger partial charge in [0.15, 0.2) is 12.1 Å². The minimum absolute atomic E-state index is 0.0862. The van der Waals surface area contributed by atoms with Gasteiger partial charge in [0, 0.05) is 35.3 Å². The van der Waals surface area contributed by atoms with Crippen LogP contribution in [0.1, 0.15) is 47.2 Å². The third kappa shape index (κ3) is 5.69. The lowest BCUT2D eigenvalue weighted by Gasteiger charge is -2.30. The molecule has 9 heteroatoms. The van der Waals surface area contributed by atoms with E-state index in [9.17, 15) is 33.0 Å². The van der Waals surface area contributed by atoms with Crippen LogP contribution >= 0.6 is 0 Å². The summed E-state index contributed by atoms with van der Waals surface area (Å²) < 4.78 is 39.7. The number of carbonyl (C=O) groups is 2. The van der Waals surface area contributed by atoms with Gasteiger partial charge in [-0.2, -0.15) is 13.2 Å². The van der Waals surface area contributed by atoms with Crippen LogP contribution in [0.5, 0.6) is 0 Å². The molecule has 3 N–H and O–H groups in total. The summed E-state index contributed by atoms with van der Waals surface area (Å²) in [5.74, 6) is -0.924. The maximum absolute atomic E-state index is 13.2. The highest BCUT2D eigenvalue weighted by Gasteiger charge is 2.37. The van der Waals surface area contributed by atoms with Gasteiger partial charge in [0.2, 0.25) is 0 Å². The number of rotatable bonds is 5. The molecule has 1 saturated carbocycles. The van der Waals surface area contributed by atoms with Crippen LogP contribution in [0.4, 0.5) is 29.3 Å². The number of ketones is 1. The van der Waals surface area contributed by atoms with Crippen LogP contribution in [0.3, 0.4) is 0 Å². The molecule has 3 aromatic rings. The highest BCUT2D eigenvalue weighted by Crippen LogP contribution is 2.37. The Kier molecular flexibility index (Phi) is 7.46. The molecule has 5 rings (SSSR count). The minimum Gasteiger partial charge on any atom is -0.368 e. The number of amides is 2. The first-order chi connectivity index (χ1) is 18.6. The van der Waals surface area contributed by atoms with E-state index in [1.165, 1.54) is 11.0 Å². The number of halogens is 3. The zero-order valence-corrected chi connectivity index (χ0v) is 21.1. The van der Waals surface area contributed by atoms with Gasteiger partial charge in [-0.1, -0.05) is 48.9 Å². The predicted molar refractivity (Wildman–Crippen MR) is 141 cm³/mol. The Morgan fingerprint density at radius 1 is 0.897 bits per heavy atom. The van der Waals surface area contributed by atoms with E-state index < -0.39 is 35.9 Å². The number of carbonyl (C=O) groups excluding carboxylic acids is 2. The van der Waals surface area contributed by atoms with Gasteiger partial charge in [-0.05, 0) is 66.6 Å². The maximum Gasteiger partial charge on any atom is 0.416 e. The highest BCUT2D eigenvalue weighted by molar-refractivity contribution is 6.02. The van der Waals surface area contributed by atoms with E-state index in [1.807, 2.05) is 24.3 Å². The average molecular weight is 539 g/mol. The van der Waals surface area contributed by atoms with E-state index >= 15 is 0 Å². The number of aliphatic hydroxyl groups is 2. The van der Waals surface area contributed by atoms with Crippen molar-refractivity contribution in [2.75, 3.05) is 16.8 Å². The third-order valence-electron chi connectivity index (χ3n) is 7.70. The zero-order valence-electron chi connectivity index (χ0n) is 21.1. The zero-order chi connectivity index (χ0) is 27.7. The number of benzene rings is 3. The standard InChI is InChI=1S/C30H29F3N2O4/c31-30(32,33)22-13-10-20-3-2-16-35(26(20)17-22)29(39)34-23-14-11-19(12-15-23)18-6-8-21(9-7-18)27(36)24-4-1-5-25(24)28(37)38/h6-15,17,24-25,28,37-38H,1-5,16H2,(H,34,39). The van der Waals surface area contributed by atoms with Crippen molar-refractivity contribution in [3.05, 3.63) is 83.4 Å². The molecule has 3 aromatic carbocycles. The fourth-order valence-corrected chi connectivity index (χ4v) is 5.61. The van der Waals surface area contributed by atoms with Crippen molar-refractivity contribution < 1.29 is 33.0 Å². The highest BCUT2D eigenvalue weighted by atomic mass is 19.4. The summed E-state index contributed by atoms with van der Waals surface area (Å²) in [6.45, 7) is 0.322. The van der Waals surface area contributed by atoms with Crippen LogP contribution < -0.4 is 10.2 Å². The van der Waals surface area contributed by atoms with E-state index in [1.54, 1.807) is 24.3 Å². The predicted octanol–water partition coefficient (Wildman–Crippen LogP) is 6.27. The van der Waals surface area contributed by atoms with Gasteiger partial charge in [-0.3, -0.25) is 9.69 Å². The molecule has 0 saturated heterocycles. The summed E-state index contributed by atoms with van der Waals surface area (Å²) in [5.41, 5.74) is 2.94. The quantitative estimate of drug-likeness (QED) is 0.264. The second kappa shape index (κ2) is 10.8. The summed E-state index contributed by atoms with van der Waals surface area (Å²) in [6.07, 6.45) is -2.67. The molecule has 1 aliphatic heterocycles. The number of anilines is 2. The number of nitrogens with one attached hydrogen (secondary N) is 1. The number of fused-ring (bicyclic) bond motifs is 1. The topological polar surface area (TPSA) is 89.9 Å². The Labute approximate surface area is 224 Å². The van der Waals surface area contributed by atoms with Crippen LogP contribution in [0.25, 0.3) is 11.1 Å². The van der Waals surface area contributed by atoms with Crippen molar-refractivity contribution in [3.8, 4) is 11.1 Å². The number of nitrogens with zero attached hydrogens (tertiary/aromatic N) is 1. The number of hydrogen-bond donors (Lipinski definition) is 3. The first-order valence-corrected chi connectivity index (χ1v) is 13.0. The fraction of sp³-hybridized carbons (Fsp3) is 0.333. The number of aryl methyl sites for hydroxylation is 1. The van der Waals surface area contributed by atoms with Crippen molar-refractivity contribution >= 4 is 23.2 Å². The average Bonchev–Trinajstić information content (AvgIpc) is 3.43. The molecule has 6 nitrogen and oxygen atoms in total. The lowest BCUT2D eigenvalue weighted by atomic mass is 9.87. The van der Waals surface area contributed by atoms with Crippen molar-refractivity contribution in [1.29, 1.82) is 0 Å². The van der Waals surface area contributed by atoms with Gasteiger partial charge in [0.25, 0.3) is 0 Å². The molecule has 1 aliphatic carbocycles. The maximum atomic E-state index is 13.2. The monoisotopic (exact) mass is 538 g/mol. The molecule has 2 unspecified atom stereocenters. The molecular weight excluding hydrogens is 509 g/mol. The van der Waals surface area contributed by atoms with Gasteiger partial charge >= 0.3 is 12.2 Å². The number of hydrogen-bond acceptors (Lipinski definition) is 4. The molecule has 1 heterocycles. The van der Waals surface area contributed by atoms with Crippen LogP contribution in [-0.4, -0.2) is 34.9 Å². The van der Waals surface area contributed by atoms with Crippen LogP contribution in [0.15, 0.2) is 66.7 Å². The van der Waals surface area contributed by atoms with Crippen molar-refractivity contribution in [2.45, 2.75) is 44.6 Å². The SMILES string of the molecule is O=C(c1ccc(-c2ccc(NC(=O)N3CCCc4ccc(C(F)(F)F)cc43)cc2)cc1)C1CCCC1C(O)O. The normalized spacial score (nSPS) is 19.2. The molecule has 1 fully saturated rings. The van der Waals surface area contributed by atoms with Gasteiger partial charge in [-0.25, -0.2) is 4.79 Å². The van der Waals surface area contributed by atoms with Crippen LogP contribution in [0.2, 0.25) is 0 Å². The number of urea groups is 1. The van der Waals surface area contributed by atoms with Crippen molar-refractivity contribution in [2.24, 2.45) is 11.8 Å². The second-order valence-electron chi connectivity index (χ2n) is 10.2. The van der Waals surface area contributed by atoms with E-state index in [4.69, 9.17) is 0 Å². The second-order valence-corrected chi connectivity index (χ2v) is 10.2. The van der Waals surface area contributed by atoms with E-state index in [-0.39, 0.29) is 11.5 Å². The number of aliphatic hydroxyl groups excluding tert-OH is 1. The van der Waals surface area contributed by atoms with Gasteiger partial charge < -0.3 is 15.5 Å². The molecule has 0 bridgehead atoms. The molecule has 0 spiro atoms. The fourth-order valence-electron chi connectivity index (χ4n) is 5.61. The Morgan fingerprint density at radius 3 is 2.21 bits per heavy atom. The Balaban J connectivity index is 1.26. The summed E-state index contributed by atoms with van der Waals surface area (Å²) in [6, 6.07) is 17.2. The van der Waals surface area contributed by atoms with E-state index in [2.05, 4.69) is 5.32 Å². The van der Waals surface area contributed by atoms with Crippen molar-refractivity contribution in [3.63, 3.8) is 0 Å². The van der Waals surface area contributed by atoms with Gasteiger partial charge in [0.1, 0.15) is 0 Å². The molecule has 204 valence electrons. The van der Waals surface area contributed by atoms with E-state index in [0.29, 0.717) is 49.0 Å². The molecule has 2 atom stereocenters. The molecule has 2 amide bonds. The molecule has 39 heavy (non-hydrogen) atoms. The van der Waals surface area contributed by atoms with E-state index in [0.717, 1.165) is 29.7 Å². The summed E-state index contributed by atoms with van der Waals surface area (Å²) in [4.78, 5) is 27.3. The van der Waals surface area contributed by atoms with Crippen LogP contribution in [0, 0.1) is 11.8 Å².